The lowest BCUT2D eigenvalue weighted by Crippen LogP contribution is -2.18. The molecule has 0 heterocycles. The summed E-state index contributed by atoms with van der Waals surface area (Å²) < 4.78 is 0. The summed E-state index contributed by atoms with van der Waals surface area (Å²) >= 11 is 0. The van der Waals surface area contributed by atoms with Crippen molar-refractivity contribution >= 4 is 5.69 Å². The molecule has 0 aliphatic rings. The highest BCUT2D eigenvalue weighted by Gasteiger charge is 1.98. The molecule has 0 spiro atoms. The fourth-order valence-electron chi connectivity index (χ4n) is 1.46. The first-order valence-corrected chi connectivity index (χ1v) is 4.75. The Morgan fingerprint density at radius 1 is 1.38 bits per heavy atom. The monoisotopic (exact) mass is 178 g/mol. The Morgan fingerprint density at radius 3 is 2.77 bits per heavy atom. The van der Waals surface area contributed by atoms with Gasteiger partial charge < -0.3 is 10.6 Å². The first kappa shape index (κ1) is 10.1. The number of hydrogen-bond donors (Lipinski definition) is 1. The van der Waals surface area contributed by atoms with Crippen LogP contribution in [0.15, 0.2) is 24.3 Å². The Kier molecular flexibility index (Phi) is 3.77. The lowest BCUT2D eigenvalue weighted by molar-refractivity contribution is 0.327. The number of nitrogens with two attached hydrogens (primary N) is 1. The third-order valence-corrected chi connectivity index (χ3v) is 2.01. The predicted molar refractivity (Wildman–Crippen MR) is 57.5 cm³/mol. The van der Waals surface area contributed by atoms with Gasteiger partial charge in [0.05, 0.1) is 0 Å². The van der Waals surface area contributed by atoms with Crippen LogP contribution in [0.4, 0.5) is 5.69 Å². The van der Waals surface area contributed by atoms with Gasteiger partial charge in [-0.3, -0.25) is 0 Å². The second-order valence-corrected chi connectivity index (χ2v) is 3.48. The summed E-state index contributed by atoms with van der Waals surface area (Å²) in [4.78, 5) is 2.30. The number of anilines is 1. The van der Waals surface area contributed by atoms with Crippen LogP contribution in [0, 0.1) is 0 Å². The number of hydrogen-bond acceptors (Lipinski definition) is 2. The standard InChI is InChI=1S/C11H18N2/c1-3-7-13(2)9-10-5-4-6-11(12)8-10/h4-6,8H,3,7,9,12H2,1-2H3. The molecule has 0 aromatic heterocycles. The minimum Gasteiger partial charge on any atom is -0.399 e. The van der Waals surface area contributed by atoms with Crippen LogP contribution >= 0.6 is 0 Å². The van der Waals surface area contributed by atoms with Gasteiger partial charge in [-0.05, 0) is 37.7 Å². The molecule has 2 nitrogen and oxygen atoms in total. The molecule has 1 aromatic rings. The van der Waals surface area contributed by atoms with E-state index in [-0.39, 0.29) is 0 Å². The summed E-state index contributed by atoms with van der Waals surface area (Å²) in [5, 5.41) is 0. The van der Waals surface area contributed by atoms with Crippen LogP contribution in [-0.2, 0) is 6.54 Å². The van der Waals surface area contributed by atoms with Gasteiger partial charge in [0.25, 0.3) is 0 Å². The van der Waals surface area contributed by atoms with Crippen molar-refractivity contribution in [3.05, 3.63) is 29.8 Å². The van der Waals surface area contributed by atoms with E-state index in [9.17, 15) is 0 Å². The molecule has 0 amide bonds. The number of nitrogens with zero attached hydrogens (tertiary/aromatic N) is 1. The Balaban J connectivity index is 2.53. The maximum absolute atomic E-state index is 5.69. The van der Waals surface area contributed by atoms with Crippen molar-refractivity contribution in [1.29, 1.82) is 0 Å². The van der Waals surface area contributed by atoms with Crippen molar-refractivity contribution in [3.63, 3.8) is 0 Å². The molecule has 1 rings (SSSR count). The molecule has 0 aliphatic heterocycles. The summed E-state index contributed by atoms with van der Waals surface area (Å²) in [7, 11) is 2.13. The molecule has 72 valence electrons. The molecule has 2 N–H and O–H groups in total. The van der Waals surface area contributed by atoms with Crippen LogP contribution in [0.25, 0.3) is 0 Å². The predicted octanol–water partition coefficient (Wildman–Crippen LogP) is 2.11. The van der Waals surface area contributed by atoms with E-state index in [1.165, 1.54) is 12.0 Å². The van der Waals surface area contributed by atoms with Crippen LogP contribution in [0.2, 0.25) is 0 Å². The van der Waals surface area contributed by atoms with Gasteiger partial charge in [0, 0.05) is 12.2 Å². The van der Waals surface area contributed by atoms with E-state index in [4.69, 9.17) is 5.73 Å². The maximum atomic E-state index is 5.69. The Morgan fingerprint density at radius 2 is 2.15 bits per heavy atom. The van der Waals surface area contributed by atoms with E-state index in [0.29, 0.717) is 0 Å². The molecular formula is C11H18N2. The topological polar surface area (TPSA) is 29.3 Å². The van der Waals surface area contributed by atoms with Gasteiger partial charge >= 0.3 is 0 Å². The number of benzene rings is 1. The third kappa shape index (κ3) is 3.47. The summed E-state index contributed by atoms with van der Waals surface area (Å²) in [6.45, 7) is 4.31. The molecule has 2 heteroatoms. The van der Waals surface area contributed by atoms with Crippen LogP contribution in [0.5, 0.6) is 0 Å². The average Bonchev–Trinajstić information content (AvgIpc) is 2.04. The smallest absolute Gasteiger partial charge is 0.0317 e. The van der Waals surface area contributed by atoms with Gasteiger partial charge in [0.2, 0.25) is 0 Å². The van der Waals surface area contributed by atoms with Crippen molar-refractivity contribution in [2.24, 2.45) is 0 Å². The largest absolute Gasteiger partial charge is 0.399 e. The highest BCUT2D eigenvalue weighted by molar-refractivity contribution is 5.40. The van der Waals surface area contributed by atoms with Crippen LogP contribution in [0.1, 0.15) is 18.9 Å². The van der Waals surface area contributed by atoms with Gasteiger partial charge in [-0.1, -0.05) is 19.1 Å². The second-order valence-electron chi connectivity index (χ2n) is 3.48. The van der Waals surface area contributed by atoms with Crippen LogP contribution in [-0.4, -0.2) is 18.5 Å². The van der Waals surface area contributed by atoms with Gasteiger partial charge in [0.1, 0.15) is 0 Å². The van der Waals surface area contributed by atoms with E-state index in [0.717, 1.165) is 18.8 Å². The molecular weight excluding hydrogens is 160 g/mol. The summed E-state index contributed by atoms with van der Waals surface area (Å²) in [5.74, 6) is 0. The molecule has 0 saturated heterocycles. The summed E-state index contributed by atoms with van der Waals surface area (Å²) in [5.41, 5.74) is 7.83. The molecule has 0 atom stereocenters. The first-order chi connectivity index (χ1) is 6.22. The van der Waals surface area contributed by atoms with E-state index < -0.39 is 0 Å². The molecule has 13 heavy (non-hydrogen) atoms. The van der Waals surface area contributed by atoms with E-state index in [1.807, 2.05) is 18.2 Å². The molecule has 0 radical (unpaired) electrons. The van der Waals surface area contributed by atoms with Crippen molar-refractivity contribution < 1.29 is 0 Å². The van der Waals surface area contributed by atoms with Gasteiger partial charge in [-0.15, -0.1) is 0 Å². The lowest BCUT2D eigenvalue weighted by Gasteiger charge is -2.15. The maximum Gasteiger partial charge on any atom is 0.0317 e. The SMILES string of the molecule is CCCN(C)Cc1cccc(N)c1. The van der Waals surface area contributed by atoms with Gasteiger partial charge in [-0.2, -0.15) is 0 Å². The molecule has 0 fully saturated rings. The minimum atomic E-state index is 0.849. The normalized spacial score (nSPS) is 10.7. The van der Waals surface area contributed by atoms with Crippen LogP contribution in [0.3, 0.4) is 0 Å². The summed E-state index contributed by atoms with van der Waals surface area (Å²) in [6, 6.07) is 8.07. The fraction of sp³-hybridized carbons (Fsp3) is 0.455. The highest BCUT2D eigenvalue weighted by atomic mass is 15.1. The second kappa shape index (κ2) is 4.87. The Labute approximate surface area is 80.4 Å². The number of rotatable bonds is 4. The molecule has 1 aromatic carbocycles. The third-order valence-electron chi connectivity index (χ3n) is 2.01. The summed E-state index contributed by atoms with van der Waals surface area (Å²) in [6.07, 6.45) is 1.19. The zero-order chi connectivity index (χ0) is 9.68. The van der Waals surface area contributed by atoms with Gasteiger partial charge in [0.15, 0.2) is 0 Å². The molecule has 0 bridgehead atoms. The zero-order valence-corrected chi connectivity index (χ0v) is 8.46. The Bertz CT molecular complexity index is 258. The molecule has 0 unspecified atom stereocenters. The van der Waals surface area contributed by atoms with Crippen molar-refractivity contribution in [2.75, 3.05) is 19.3 Å². The van der Waals surface area contributed by atoms with Crippen molar-refractivity contribution in [3.8, 4) is 0 Å². The van der Waals surface area contributed by atoms with Crippen LogP contribution < -0.4 is 5.73 Å². The molecule has 0 aliphatic carbocycles. The minimum absolute atomic E-state index is 0.849. The lowest BCUT2D eigenvalue weighted by atomic mass is 10.2. The number of nitrogen functional groups attached to an aromatic ring is 1. The van der Waals surface area contributed by atoms with E-state index >= 15 is 0 Å². The quantitative estimate of drug-likeness (QED) is 0.715. The Hall–Kier alpha value is -1.02. The zero-order valence-electron chi connectivity index (χ0n) is 8.46. The highest BCUT2D eigenvalue weighted by Crippen LogP contribution is 2.08. The average molecular weight is 178 g/mol. The molecule has 0 saturated carbocycles. The van der Waals surface area contributed by atoms with Gasteiger partial charge in [-0.25, -0.2) is 0 Å². The van der Waals surface area contributed by atoms with Crippen molar-refractivity contribution in [2.45, 2.75) is 19.9 Å². The van der Waals surface area contributed by atoms with E-state index in [2.05, 4.69) is 24.9 Å². The first-order valence-electron chi connectivity index (χ1n) is 4.75. The fourth-order valence-corrected chi connectivity index (χ4v) is 1.46. The van der Waals surface area contributed by atoms with Crippen molar-refractivity contribution in [1.82, 2.24) is 4.90 Å². The van der Waals surface area contributed by atoms with E-state index in [1.54, 1.807) is 0 Å².